The van der Waals surface area contributed by atoms with Crippen molar-refractivity contribution in [1.29, 1.82) is 0 Å². The molecule has 0 saturated carbocycles. The Morgan fingerprint density at radius 3 is 2.31 bits per heavy atom. The minimum absolute atomic E-state index is 0.0257. The molecular formula is C28H27F2N3O3. The summed E-state index contributed by atoms with van der Waals surface area (Å²) in [7, 11) is 3.17. The number of halogens is 2. The average molecular weight is 492 g/mol. The molecule has 4 aromatic rings. The highest BCUT2D eigenvalue weighted by molar-refractivity contribution is 5.82. The molecule has 8 heteroatoms. The molecule has 3 aromatic carbocycles. The Morgan fingerprint density at radius 1 is 0.917 bits per heavy atom. The highest BCUT2D eigenvalue weighted by Gasteiger charge is 2.27. The topological polar surface area (TPSA) is 56.6 Å². The zero-order valence-corrected chi connectivity index (χ0v) is 20.2. The van der Waals surface area contributed by atoms with Crippen LogP contribution in [0.5, 0.6) is 11.5 Å². The highest BCUT2D eigenvalue weighted by atomic mass is 19.1. The lowest BCUT2D eigenvalue weighted by Gasteiger charge is -2.34. The van der Waals surface area contributed by atoms with Gasteiger partial charge in [-0.25, -0.2) is 13.8 Å². The molecule has 0 radical (unpaired) electrons. The molecule has 0 spiro atoms. The van der Waals surface area contributed by atoms with Crippen molar-refractivity contribution in [3.8, 4) is 22.9 Å². The van der Waals surface area contributed by atoms with E-state index in [1.807, 2.05) is 23.1 Å². The Balaban J connectivity index is 1.42. The lowest BCUT2D eigenvalue weighted by molar-refractivity contribution is -0.131. The number of hydrogen-bond donors (Lipinski definition) is 0. The summed E-state index contributed by atoms with van der Waals surface area (Å²) in [4.78, 5) is 19.5. The molecule has 0 bridgehead atoms. The van der Waals surface area contributed by atoms with E-state index >= 15 is 0 Å². The summed E-state index contributed by atoms with van der Waals surface area (Å²) in [5.74, 6) is 1.28. The minimum atomic E-state index is -0.341. The fraction of sp³-hybridized carbons (Fsp3) is 0.286. The third kappa shape index (κ3) is 4.63. The molecule has 36 heavy (non-hydrogen) atoms. The number of imidazole rings is 1. The van der Waals surface area contributed by atoms with E-state index in [-0.39, 0.29) is 30.0 Å². The first-order chi connectivity index (χ1) is 17.5. The first-order valence-corrected chi connectivity index (χ1v) is 11.9. The molecule has 1 aliphatic rings. The van der Waals surface area contributed by atoms with Crippen molar-refractivity contribution < 1.29 is 23.0 Å². The van der Waals surface area contributed by atoms with Gasteiger partial charge in [-0.2, -0.15) is 0 Å². The van der Waals surface area contributed by atoms with Gasteiger partial charge in [0.15, 0.2) is 11.5 Å². The molecule has 0 aliphatic carbocycles. The summed E-state index contributed by atoms with van der Waals surface area (Å²) in [6, 6.07) is 16.4. The lowest BCUT2D eigenvalue weighted by atomic mass is 10.0. The third-order valence-electron chi connectivity index (χ3n) is 6.74. The van der Waals surface area contributed by atoms with Gasteiger partial charge in [0.05, 0.1) is 31.7 Å². The van der Waals surface area contributed by atoms with Gasteiger partial charge in [-0.05, 0) is 60.9 Å². The zero-order chi connectivity index (χ0) is 25.2. The summed E-state index contributed by atoms with van der Waals surface area (Å²) < 4.78 is 40.2. The predicted octanol–water partition coefficient (Wildman–Crippen LogP) is 5.40. The molecule has 0 unspecified atom stereocenters. The number of fused-ring (bicyclic) bond motifs is 1. The van der Waals surface area contributed by atoms with Crippen LogP contribution in [0.25, 0.3) is 22.4 Å². The van der Waals surface area contributed by atoms with Crippen LogP contribution in [0.1, 0.15) is 24.4 Å². The average Bonchev–Trinajstić information content (AvgIpc) is 3.28. The van der Waals surface area contributed by atoms with E-state index in [0.29, 0.717) is 35.9 Å². The number of aromatic nitrogens is 2. The van der Waals surface area contributed by atoms with Crippen LogP contribution < -0.4 is 9.47 Å². The van der Waals surface area contributed by atoms with E-state index in [1.165, 1.54) is 24.3 Å². The number of hydrogen-bond acceptors (Lipinski definition) is 4. The molecule has 5 rings (SSSR count). The number of nitrogens with zero attached hydrogens (tertiary/aromatic N) is 3. The maximum absolute atomic E-state index is 14.0. The number of carbonyl (C=O) groups excluding carboxylic acids is 1. The number of piperidine rings is 1. The second-order valence-electron chi connectivity index (χ2n) is 8.92. The van der Waals surface area contributed by atoms with E-state index < -0.39 is 0 Å². The van der Waals surface area contributed by atoms with Gasteiger partial charge in [-0.15, -0.1) is 0 Å². The SMILES string of the molecule is COc1ccc(-c2nc3cc(F)ccc3n2C2CCN(C(=O)Cc3ccc(F)cc3)CC2)cc1OC. The van der Waals surface area contributed by atoms with Gasteiger partial charge >= 0.3 is 0 Å². The van der Waals surface area contributed by atoms with Crippen molar-refractivity contribution in [3.63, 3.8) is 0 Å². The van der Waals surface area contributed by atoms with E-state index in [1.54, 1.807) is 32.4 Å². The molecule has 1 aliphatic heterocycles. The van der Waals surface area contributed by atoms with Crippen molar-refractivity contribution in [2.75, 3.05) is 27.3 Å². The fourth-order valence-corrected chi connectivity index (χ4v) is 4.88. The first-order valence-electron chi connectivity index (χ1n) is 11.9. The number of amides is 1. The van der Waals surface area contributed by atoms with Crippen LogP contribution in [0.4, 0.5) is 8.78 Å². The zero-order valence-electron chi connectivity index (χ0n) is 20.2. The number of carbonyl (C=O) groups is 1. The summed E-state index contributed by atoms with van der Waals surface area (Å²) in [6.07, 6.45) is 1.71. The number of benzene rings is 3. The maximum Gasteiger partial charge on any atom is 0.226 e. The summed E-state index contributed by atoms with van der Waals surface area (Å²) in [5, 5.41) is 0. The molecule has 1 amide bonds. The van der Waals surface area contributed by atoms with Crippen molar-refractivity contribution in [3.05, 3.63) is 77.9 Å². The van der Waals surface area contributed by atoms with E-state index in [4.69, 9.17) is 14.5 Å². The van der Waals surface area contributed by atoms with Gasteiger partial charge in [-0.3, -0.25) is 4.79 Å². The molecule has 1 aromatic heterocycles. The van der Waals surface area contributed by atoms with Crippen LogP contribution in [0.15, 0.2) is 60.7 Å². The Hall–Kier alpha value is -3.94. The summed E-state index contributed by atoms with van der Waals surface area (Å²) in [5.41, 5.74) is 3.05. The molecule has 1 fully saturated rings. The van der Waals surface area contributed by atoms with Crippen LogP contribution in [-0.2, 0) is 11.2 Å². The Morgan fingerprint density at radius 2 is 1.61 bits per heavy atom. The van der Waals surface area contributed by atoms with Crippen LogP contribution in [0.2, 0.25) is 0 Å². The Labute approximate surface area is 208 Å². The van der Waals surface area contributed by atoms with E-state index in [9.17, 15) is 13.6 Å². The second kappa shape index (κ2) is 9.97. The lowest BCUT2D eigenvalue weighted by Crippen LogP contribution is -2.40. The van der Waals surface area contributed by atoms with Crippen molar-refractivity contribution in [2.24, 2.45) is 0 Å². The molecule has 6 nitrogen and oxygen atoms in total. The maximum atomic E-state index is 14.0. The van der Waals surface area contributed by atoms with Crippen molar-refractivity contribution >= 4 is 16.9 Å². The van der Waals surface area contributed by atoms with Gasteiger partial charge in [0, 0.05) is 30.8 Å². The largest absolute Gasteiger partial charge is 0.493 e. The van der Waals surface area contributed by atoms with Crippen LogP contribution >= 0.6 is 0 Å². The Bertz CT molecular complexity index is 1390. The van der Waals surface area contributed by atoms with Gasteiger partial charge < -0.3 is 18.9 Å². The smallest absolute Gasteiger partial charge is 0.226 e. The van der Waals surface area contributed by atoms with Gasteiger partial charge in [0.1, 0.15) is 17.5 Å². The van der Waals surface area contributed by atoms with Crippen LogP contribution in [0.3, 0.4) is 0 Å². The number of rotatable bonds is 6. The van der Waals surface area contributed by atoms with E-state index in [0.717, 1.165) is 29.5 Å². The number of likely N-dealkylation sites (tertiary alicyclic amines) is 1. The van der Waals surface area contributed by atoms with Crippen molar-refractivity contribution in [2.45, 2.75) is 25.3 Å². The molecule has 0 atom stereocenters. The monoisotopic (exact) mass is 491 g/mol. The molecule has 1 saturated heterocycles. The number of methoxy groups -OCH3 is 2. The second-order valence-corrected chi connectivity index (χ2v) is 8.92. The van der Waals surface area contributed by atoms with Crippen LogP contribution in [0, 0.1) is 11.6 Å². The van der Waals surface area contributed by atoms with Crippen molar-refractivity contribution in [1.82, 2.24) is 14.5 Å². The van der Waals surface area contributed by atoms with Gasteiger partial charge in [0.25, 0.3) is 0 Å². The number of ether oxygens (including phenoxy) is 2. The fourth-order valence-electron chi connectivity index (χ4n) is 4.88. The molecule has 0 N–H and O–H groups in total. The summed E-state index contributed by atoms with van der Waals surface area (Å²) >= 11 is 0. The third-order valence-corrected chi connectivity index (χ3v) is 6.74. The van der Waals surface area contributed by atoms with Gasteiger partial charge in [0.2, 0.25) is 5.91 Å². The summed E-state index contributed by atoms with van der Waals surface area (Å²) in [6.45, 7) is 1.19. The Kier molecular flexibility index (Phi) is 6.59. The normalized spacial score (nSPS) is 14.3. The highest BCUT2D eigenvalue weighted by Crippen LogP contribution is 2.37. The molecule has 2 heterocycles. The van der Waals surface area contributed by atoms with Crippen LogP contribution in [-0.4, -0.2) is 47.7 Å². The quantitative estimate of drug-likeness (QED) is 0.362. The van der Waals surface area contributed by atoms with E-state index in [2.05, 4.69) is 4.57 Å². The standard InChI is InChI=1S/C28H27F2N3O3/c1-35-25-10-5-19(16-26(25)36-2)28-31-23-17-21(30)8-9-24(23)33(28)22-11-13-32(14-12-22)27(34)15-18-3-6-20(29)7-4-18/h3-10,16-17,22H,11-15H2,1-2H3. The van der Waals surface area contributed by atoms with Gasteiger partial charge in [-0.1, -0.05) is 12.1 Å². The molecule has 186 valence electrons. The predicted molar refractivity (Wildman–Crippen MR) is 133 cm³/mol. The minimum Gasteiger partial charge on any atom is -0.493 e. The first kappa shape index (κ1) is 23.8. The molecular weight excluding hydrogens is 464 g/mol.